The number of anilines is 1. The van der Waals surface area contributed by atoms with Crippen LogP contribution in [0.1, 0.15) is 21.6 Å². The zero-order valence-corrected chi connectivity index (χ0v) is 16.1. The lowest BCUT2D eigenvalue weighted by Crippen LogP contribution is -2.19. The van der Waals surface area contributed by atoms with Gasteiger partial charge >= 0.3 is 6.61 Å². The third-order valence-corrected chi connectivity index (χ3v) is 4.68. The van der Waals surface area contributed by atoms with Crippen molar-refractivity contribution in [1.82, 2.24) is 10.2 Å². The van der Waals surface area contributed by atoms with E-state index in [9.17, 15) is 18.4 Å². The molecule has 0 aliphatic rings. The number of alkyl halides is 2. The predicted molar refractivity (Wildman–Crippen MR) is 113 cm³/mol. The molecule has 0 saturated carbocycles. The van der Waals surface area contributed by atoms with E-state index in [-0.39, 0.29) is 11.4 Å². The van der Waals surface area contributed by atoms with Crippen molar-refractivity contribution in [2.75, 3.05) is 5.32 Å². The van der Waals surface area contributed by atoms with Crippen LogP contribution in [0.5, 0.6) is 5.75 Å². The molecule has 0 saturated heterocycles. The zero-order chi connectivity index (χ0) is 21.8. The van der Waals surface area contributed by atoms with Gasteiger partial charge in [-0.15, -0.1) is 0 Å². The van der Waals surface area contributed by atoms with Gasteiger partial charge in [0.2, 0.25) is 0 Å². The number of hydrogen-bond donors (Lipinski definition) is 2. The van der Waals surface area contributed by atoms with Crippen molar-refractivity contribution >= 4 is 22.4 Å². The minimum absolute atomic E-state index is 0.0319. The van der Waals surface area contributed by atoms with Crippen LogP contribution >= 0.6 is 0 Å². The molecule has 1 aromatic heterocycles. The number of amides is 1. The molecule has 156 valence electrons. The topological polar surface area (TPSA) is 84.1 Å². The van der Waals surface area contributed by atoms with Gasteiger partial charge in [-0.05, 0) is 29.8 Å². The highest BCUT2D eigenvalue weighted by atomic mass is 19.3. The van der Waals surface area contributed by atoms with Gasteiger partial charge in [-0.25, -0.2) is 5.10 Å². The smallest absolute Gasteiger partial charge is 0.387 e. The van der Waals surface area contributed by atoms with Gasteiger partial charge in [0.25, 0.3) is 11.5 Å². The van der Waals surface area contributed by atoms with E-state index in [0.717, 1.165) is 5.56 Å². The molecule has 4 aromatic rings. The van der Waals surface area contributed by atoms with E-state index < -0.39 is 18.1 Å². The molecule has 0 atom stereocenters. The Hall–Kier alpha value is -4.07. The Balaban J connectivity index is 1.66. The van der Waals surface area contributed by atoms with Crippen LogP contribution in [0.15, 0.2) is 77.6 Å². The number of H-pyrrole nitrogens is 1. The van der Waals surface area contributed by atoms with Gasteiger partial charge in [0.05, 0.1) is 5.39 Å². The Morgan fingerprint density at radius 2 is 1.71 bits per heavy atom. The van der Waals surface area contributed by atoms with Crippen molar-refractivity contribution in [2.45, 2.75) is 13.0 Å². The first-order valence-corrected chi connectivity index (χ1v) is 9.41. The molecule has 0 radical (unpaired) electrons. The summed E-state index contributed by atoms with van der Waals surface area (Å²) >= 11 is 0. The van der Waals surface area contributed by atoms with Crippen LogP contribution in [0.3, 0.4) is 0 Å². The van der Waals surface area contributed by atoms with Gasteiger partial charge < -0.3 is 10.1 Å². The molecule has 8 heteroatoms. The lowest BCUT2D eigenvalue weighted by molar-refractivity contribution is -0.0503. The molecule has 0 fully saturated rings. The van der Waals surface area contributed by atoms with E-state index >= 15 is 0 Å². The van der Waals surface area contributed by atoms with E-state index in [1.54, 1.807) is 30.3 Å². The number of nitrogens with one attached hydrogen (secondary N) is 2. The lowest BCUT2D eigenvalue weighted by atomic mass is 10.0. The molecule has 6 nitrogen and oxygen atoms in total. The second kappa shape index (κ2) is 8.74. The van der Waals surface area contributed by atoms with Crippen LogP contribution in [-0.2, 0) is 6.42 Å². The number of carbonyl (C=O) groups is 1. The summed E-state index contributed by atoms with van der Waals surface area (Å²) < 4.78 is 30.3. The van der Waals surface area contributed by atoms with E-state index in [2.05, 4.69) is 20.3 Å². The third kappa shape index (κ3) is 4.58. The number of aromatic nitrogens is 2. The molecule has 0 spiro atoms. The zero-order valence-electron chi connectivity index (χ0n) is 16.1. The van der Waals surface area contributed by atoms with Crippen molar-refractivity contribution in [2.24, 2.45) is 0 Å². The van der Waals surface area contributed by atoms with Crippen LogP contribution in [0.4, 0.5) is 14.5 Å². The maximum atomic E-state index is 12.8. The summed E-state index contributed by atoms with van der Waals surface area (Å²) in [6.45, 7) is -2.97. The Morgan fingerprint density at radius 3 is 2.45 bits per heavy atom. The van der Waals surface area contributed by atoms with Crippen LogP contribution in [0.2, 0.25) is 0 Å². The monoisotopic (exact) mass is 421 g/mol. The highest BCUT2D eigenvalue weighted by molar-refractivity contribution is 6.11. The minimum atomic E-state index is -2.97. The van der Waals surface area contributed by atoms with Crippen LogP contribution in [0, 0.1) is 0 Å². The average Bonchev–Trinajstić information content (AvgIpc) is 2.76. The number of halogens is 2. The maximum Gasteiger partial charge on any atom is 0.387 e. The number of rotatable bonds is 6. The number of fused-ring (bicyclic) bond motifs is 1. The number of carbonyl (C=O) groups excluding carboxylic acids is 1. The molecule has 0 bridgehead atoms. The molecule has 3 aromatic carbocycles. The maximum absolute atomic E-state index is 12.8. The third-order valence-electron chi connectivity index (χ3n) is 4.68. The summed E-state index contributed by atoms with van der Waals surface area (Å²) in [4.78, 5) is 24.8. The quantitative estimate of drug-likeness (QED) is 0.484. The van der Waals surface area contributed by atoms with Crippen LogP contribution in [-0.4, -0.2) is 22.7 Å². The summed E-state index contributed by atoms with van der Waals surface area (Å²) in [6, 6.07) is 20.4. The van der Waals surface area contributed by atoms with Gasteiger partial charge in [-0.2, -0.15) is 13.9 Å². The van der Waals surface area contributed by atoms with Crippen molar-refractivity contribution < 1.29 is 18.3 Å². The van der Waals surface area contributed by atoms with Crippen molar-refractivity contribution in [3.63, 3.8) is 0 Å². The molecular weight excluding hydrogens is 404 g/mol. The number of benzene rings is 3. The van der Waals surface area contributed by atoms with Gasteiger partial charge in [-0.3, -0.25) is 9.59 Å². The minimum Gasteiger partial charge on any atom is -0.435 e. The van der Waals surface area contributed by atoms with Crippen molar-refractivity contribution in [3.8, 4) is 5.75 Å². The number of hydrogen-bond acceptors (Lipinski definition) is 4. The number of aromatic amines is 1. The number of nitrogens with zero attached hydrogens (tertiary/aromatic N) is 1. The average molecular weight is 421 g/mol. The van der Waals surface area contributed by atoms with Crippen LogP contribution < -0.4 is 15.6 Å². The fraction of sp³-hybridized carbons (Fsp3) is 0.0870. The van der Waals surface area contributed by atoms with Crippen molar-refractivity contribution in [3.05, 3.63) is 100.0 Å². The largest absolute Gasteiger partial charge is 0.435 e. The Labute approximate surface area is 175 Å². The Kier molecular flexibility index (Phi) is 5.70. The van der Waals surface area contributed by atoms with E-state index in [4.69, 9.17) is 0 Å². The highest BCUT2D eigenvalue weighted by Crippen LogP contribution is 2.27. The van der Waals surface area contributed by atoms with E-state index in [0.29, 0.717) is 28.4 Å². The molecule has 2 N–H and O–H groups in total. The van der Waals surface area contributed by atoms with Gasteiger partial charge in [0.1, 0.15) is 5.75 Å². The second-order valence-corrected chi connectivity index (χ2v) is 6.76. The highest BCUT2D eigenvalue weighted by Gasteiger charge is 2.16. The Bertz CT molecular complexity index is 1290. The fourth-order valence-corrected chi connectivity index (χ4v) is 3.30. The summed E-state index contributed by atoms with van der Waals surface area (Å²) in [5.74, 6) is -0.509. The van der Waals surface area contributed by atoms with E-state index in [1.165, 1.54) is 12.1 Å². The SMILES string of the molecule is O=C(Nc1ccc(OC(F)F)c(Cc2ccccc2)c1)c1n[nH]c(=O)c2ccccc12. The summed E-state index contributed by atoms with van der Waals surface area (Å²) in [6.07, 6.45) is 0.340. The fourth-order valence-electron chi connectivity index (χ4n) is 3.30. The first kappa shape index (κ1) is 20.2. The lowest BCUT2D eigenvalue weighted by Gasteiger charge is -2.14. The summed E-state index contributed by atoms with van der Waals surface area (Å²) in [5, 5.41) is 9.65. The molecule has 0 aliphatic heterocycles. The molecular formula is C23H17F2N3O3. The molecule has 0 unspecified atom stereocenters. The standard InChI is InChI=1S/C23H17F2N3O3/c24-23(25)31-19-11-10-16(13-15(19)12-14-6-2-1-3-7-14)26-22(30)20-17-8-4-5-9-18(17)21(29)28-27-20/h1-11,13,23H,12H2,(H,26,30)(H,28,29). The van der Waals surface area contributed by atoms with Crippen molar-refractivity contribution in [1.29, 1.82) is 0 Å². The van der Waals surface area contributed by atoms with Gasteiger partial charge in [0, 0.05) is 23.1 Å². The van der Waals surface area contributed by atoms with Gasteiger partial charge in [0.15, 0.2) is 5.69 Å². The molecule has 0 aliphatic carbocycles. The summed E-state index contributed by atoms with van der Waals surface area (Å²) in [5.41, 5.74) is 1.43. The predicted octanol–water partition coefficient (Wildman–Crippen LogP) is 4.37. The molecule has 1 heterocycles. The summed E-state index contributed by atoms with van der Waals surface area (Å²) in [7, 11) is 0. The molecule has 4 rings (SSSR count). The second-order valence-electron chi connectivity index (χ2n) is 6.76. The molecule has 31 heavy (non-hydrogen) atoms. The van der Waals surface area contributed by atoms with E-state index in [1.807, 2.05) is 30.3 Å². The first-order valence-electron chi connectivity index (χ1n) is 9.41. The normalized spacial score (nSPS) is 10.9. The first-order chi connectivity index (χ1) is 15.0. The number of ether oxygens (including phenoxy) is 1. The van der Waals surface area contributed by atoms with Crippen LogP contribution in [0.25, 0.3) is 10.8 Å². The van der Waals surface area contributed by atoms with Gasteiger partial charge in [-0.1, -0.05) is 48.5 Å². The molecule has 1 amide bonds. The Morgan fingerprint density at radius 1 is 1.00 bits per heavy atom.